The number of hydrogen-bond acceptors (Lipinski definition) is 6. The Balaban J connectivity index is 2.70. The van der Waals surface area contributed by atoms with Gasteiger partial charge in [0.2, 0.25) is 23.6 Å². The molecule has 31 heavy (non-hydrogen) atoms. The summed E-state index contributed by atoms with van der Waals surface area (Å²) in [5, 5.41) is 10.6. The number of nitrogens with zero attached hydrogens (tertiary/aromatic N) is 1. The van der Waals surface area contributed by atoms with Gasteiger partial charge < -0.3 is 26.2 Å². The highest BCUT2D eigenvalue weighted by atomic mass is 16.2. The minimum absolute atomic E-state index is 0.0630. The second kappa shape index (κ2) is 12.4. The third-order valence-electron chi connectivity index (χ3n) is 5.28. The summed E-state index contributed by atoms with van der Waals surface area (Å²) in [7, 11) is 1.63. The van der Waals surface area contributed by atoms with Crippen LogP contribution in [0.2, 0.25) is 0 Å². The number of likely N-dealkylation sites (tertiary alicyclic amines) is 1. The normalized spacial score (nSPS) is 17.9. The van der Waals surface area contributed by atoms with Gasteiger partial charge in [0.1, 0.15) is 12.1 Å². The number of Topliss-reactive ketones (excluding diaryl/α,β-unsaturated/α-hetero) is 1. The number of hydrogen-bond donors (Lipinski definition) is 4. The van der Waals surface area contributed by atoms with E-state index in [1.165, 1.54) is 11.8 Å². The molecule has 0 radical (unpaired) electrons. The number of rotatable bonds is 11. The first-order valence-electron chi connectivity index (χ1n) is 10.8. The van der Waals surface area contributed by atoms with E-state index in [2.05, 4.69) is 21.3 Å². The van der Waals surface area contributed by atoms with Crippen molar-refractivity contribution in [2.24, 2.45) is 11.8 Å². The summed E-state index contributed by atoms with van der Waals surface area (Å²) < 4.78 is 0. The fourth-order valence-corrected chi connectivity index (χ4v) is 3.57. The SMILES string of the molecule is CNCC(=O)NC(C(=O)NCC(=O)NC(C(=O)N1CCCC1C(C)=O)C(C)C)C(C)C. The van der Waals surface area contributed by atoms with Crippen molar-refractivity contribution >= 4 is 29.4 Å². The fraction of sp³-hybridized carbons (Fsp3) is 0.762. The maximum atomic E-state index is 13.0. The lowest BCUT2D eigenvalue weighted by molar-refractivity contribution is -0.141. The first kappa shape index (κ1) is 26.5. The summed E-state index contributed by atoms with van der Waals surface area (Å²) in [6.07, 6.45) is 1.38. The van der Waals surface area contributed by atoms with Crippen molar-refractivity contribution in [3.05, 3.63) is 0 Å². The summed E-state index contributed by atoms with van der Waals surface area (Å²) in [4.78, 5) is 63.1. The van der Waals surface area contributed by atoms with E-state index in [1.54, 1.807) is 20.9 Å². The molecule has 0 aliphatic carbocycles. The highest BCUT2D eigenvalue weighted by molar-refractivity contribution is 5.94. The van der Waals surface area contributed by atoms with Crippen LogP contribution in [0.3, 0.4) is 0 Å². The van der Waals surface area contributed by atoms with Crippen LogP contribution in [0.1, 0.15) is 47.5 Å². The molecule has 0 saturated carbocycles. The molecular formula is C21H37N5O5. The van der Waals surface area contributed by atoms with Crippen LogP contribution in [0.4, 0.5) is 0 Å². The fourth-order valence-electron chi connectivity index (χ4n) is 3.57. The van der Waals surface area contributed by atoms with Gasteiger partial charge in [0.05, 0.1) is 19.1 Å². The number of carbonyl (C=O) groups excluding carboxylic acids is 5. The van der Waals surface area contributed by atoms with Crippen LogP contribution in [0.5, 0.6) is 0 Å². The number of likely N-dealkylation sites (N-methyl/N-ethyl adjacent to an activating group) is 1. The Labute approximate surface area is 184 Å². The summed E-state index contributed by atoms with van der Waals surface area (Å²) >= 11 is 0. The topological polar surface area (TPSA) is 137 Å². The minimum Gasteiger partial charge on any atom is -0.345 e. The summed E-state index contributed by atoms with van der Waals surface area (Å²) in [6, 6.07) is -2.02. The summed E-state index contributed by atoms with van der Waals surface area (Å²) in [5.74, 6) is -2.02. The molecule has 1 aliphatic rings. The van der Waals surface area contributed by atoms with Crippen LogP contribution in [0.25, 0.3) is 0 Å². The number of amides is 4. The van der Waals surface area contributed by atoms with Gasteiger partial charge in [-0.05, 0) is 38.6 Å². The molecule has 0 aromatic carbocycles. The molecule has 0 bridgehead atoms. The Hall–Kier alpha value is -2.49. The van der Waals surface area contributed by atoms with Crippen LogP contribution in [0, 0.1) is 11.8 Å². The Morgan fingerprint density at radius 2 is 1.45 bits per heavy atom. The first-order chi connectivity index (χ1) is 14.5. The zero-order valence-corrected chi connectivity index (χ0v) is 19.4. The molecule has 0 spiro atoms. The standard InChI is InChI=1S/C21H37N5O5/c1-12(2)18(24-16(28)10-22-6)20(30)23-11-17(29)25-19(13(3)4)21(31)26-9-7-8-15(26)14(5)27/h12-13,15,18-19,22H,7-11H2,1-6H3,(H,23,30)(H,24,28)(H,25,29). The summed E-state index contributed by atoms with van der Waals surface area (Å²) in [5.41, 5.74) is 0. The van der Waals surface area contributed by atoms with Gasteiger partial charge in [-0.1, -0.05) is 27.7 Å². The Kier molecular flexibility index (Phi) is 10.6. The first-order valence-corrected chi connectivity index (χ1v) is 10.8. The molecule has 0 aromatic rings. The maximum absolute atomic E-state index is 13.0. The zero-order valence-electron chi connectivity index (χ0n) is 19.4. The molecule has 10 nitrogen and oxygen atoms in total. The van der Waals surface area contributed by atoms with Gasteiger partial charge in [-0.25, -0.2) is 0 Å². The van der Waals surface area contributed by atoms with Crippen molar-refractivity contribution in [1.29, 1.82) is 0 Å². The largest absolute Gasteiger partial charge is 0.345 e. The third-order valence-corrected chi connectivity index (χ3v) is 5.28. The van der Waals surface area contributed by atoms with Crippen LogP contribution in [0.15, 0.2) is 0 Å². The van der Waals surface area contributed by atoms with Crippen molar-refractivity contribution in [2.45, 2.75) is 65.6 Å². The lowest BCUT2D eigenvalue weighted by Crippen LogP contribution is -2.56. The molecule has 1 rings (SSSR count). The maximum Gasteiger partial charge on any atom is 0.246 e. The molecule has 1 saturated heterocycles. The van der Waals surface area contributed by atoms with E-state index in [9.17, 15) is 24.0 Å². The lowest BCUT2D eigenvalue weighted by Gasteiger charge is -2.30. The van der Waals surface area contributed by atoms with Crippen molar-refractivity contribution in [3.63, 3.8) is 0 Å². The van der Waals surface area contributed by atoms with E-state index in [0.717, 1.165) is 6.42 Å². The molecule has 176 valence electrons. The van der Waals surface area contributed by atoms with E-state index < -0.39 is 29.9 Å². The molecule has 3 atom stereocenters. The smallest absolute Gasteiger partial charge is 0.246 e. The highest BCUT2D eigenvalue weighted by Gasteiger charge is 2.37. The van der Waals surface area contributed by atoms with Crippen molar-refractivity contribution in [1.82, 2.24) is 26.2 Å². The van der Waals surface area contributed by atoms with Gasteiger partial charge in [0, 0.05) is 6.54 Å². The molecule has 1 aliphatic heterocycles. The molecule has 4 amide bonds. The van der Waals surface area contributed by atoms with Crippen molar-refractivity contribution in [3.8, 4) is 0 Å². The minimum atomic E-state index is -0.791. The molecular weight excluding hydrogens is 402 g/mol. The van der Waals surface area contributed by atoms with E-state index in [4.69, 9.17) is 0 Å². The molecule has 1 fully saturated rings. The molecule has 1 heterocycles. The Morgan fingerprint density at radius 1 is 0.903 bits per heavy atom. The Morgan fingerprint density at radius 3 is 1.97 bits per heavy atom. The molecule has 3 unspecified atom stereocenters. The van der Waals surface area contributed by atoms with E-state index in [1.807, 2.05) is 13.8 Å². The van der Waals surface area contributed by atoms with Crippen LogP contribution in [-0.2, 0) is 24.0 Å². The summed E-state index contributed by atoms with van der Waals surface area (Å²) in [6.45, 7) is 8.91. The lowest BCUT2D eigenvalue weighted by atomic mass is 10.0. The van der Waals surface area contributed by atoms with Gasteiger partial charge >= 0.3 is 0 Å². The Bertz CT molecular complexity index is 679. The van der Waals surface area contributed by atoms with Crippen molar-refractivity contribution in [2.75, 3.05) is 26.7 Å². The number of ketones is 1. The number of nitrogens with one attached hydrogen (secondary N) is 4. The highest BCUT2D eigenvalue weighted by Crippen LogP contribution is 2.20. The average Bonchev–Trinajstić information content (AvgIpc) is 3.18. The van der Waals surface area contributed by atoms with E-state index in [0.29, 0.717) is 13.0 Å². The van der Waals surface area contributed by atoms with Gasteiger partial charge in [-0.2, -0.15) is 0 Å². The molecule has 4 N–H and O–H groups in total. The molecule has 10 heteroatoms. The van der Waals surface area contributed by atoms with Crippen LogP contribution in [-0.4, -0.2) is 79.1 Å². The van der Waals surface area contributed by atoms with E-state index in [-0.39, 0.29) is 42.5 Å². The van der Waals surface area contributed by atoms with Gasteiger partial charge in [0.15, 0.2) is 5.78 Å². The van der Waals surface area contributed by atoms with Gasteiger partial charge in [-0.3, -0.25) is 24.0 Å². The molecule has 0 aromatic heterocycles. The third kappa shape index (κ3) is 7.93. The predicted molar refractivity (Wildman–Crippen MR) is 116 cm³/mol. The number of carbonyl (C=O) groups is 5. The van der Waals surface area contributed by atoms with Crippen molar-refractivity contribution < 1.29 is 24.0 Å². The average molecular weight is 440 g/mol. The predicted octanol–water partition coefficient (Wildman–Crippen LogP) is -0.816. The van der Waals surface area contributed by atoms with Gasteiger partial charge in [0.25, 0.3) is 0 Å². The van der Waals surface area contributed by atoms with Gasteiger partial charge in [-0.15, -0.1) is 0 Å². The van der Waals surface area contributed by atoms with E-state index >= 15 is 0 Å². The van der Waals surface area contributed by atoms with Crippen LogP contribution >= 0.6 is 0 Å². The quantitative estimate of drug-likeness (QED) is 0.332. The zero-order chi connectivity index (χ0) is 23.7. The second-order valence-corrected chi connectivity index (χ2v) is 8.63. The monoisotopic (exact) mass is 439 g/mol. The van der Waals surface area contributed by atoms with Crippen LogP contribution < -0.4 is 21.3 Å². The second-order valence-electron chi connectivity index (χ2n) is 8.63.